The first kappa shape index (κ1) is 20.7. The minimum absolute atomic E-state index is 0.0932. The molecule has 0 aliphatic carbocycles. The molecule has 0 radical (unpaired) electrons. The van der Waals surface area contributed by atoms with E-state index in [1.165, 1.54) is 7.11 Å². The second kappa shape index (κ2) is 9.92. The molecule has 1 amide bonds. The maximum absolute atomic E-state index is 13.1. The van der Waals surface area contributed by atoms with Gasteiger partial charge in [-0.1, -0.05) is 48.9 Å². The molecule has 0 fully saturated rings. The van der Waals surface area contributed by atoms with Crippen LogP contribution < -0.4 is 4.74 Å². The standard InChI is InChI=1S/C20H23ClN2O4/c1-4-27-17-11-10-16(21)18(22-17)19(24)23(12-14(2)20(25)26-3)13-15-8-6-5-7-9-15/h5-11,14H,4,12-13H2,1-3H3. The molecule has 2 aromatic rings. The number of amides is 1. The average molecular weight is 391 g/mol. The fraction of sp³-hybridized carbons (Fsp3) is 0.350. The van der Waals surface area contributed by atoms with Gasteiger partial charge in [-0.15, -0.1) is 0 Å². The number of ether oxygens (including phenoxy) is 2. The Morgan fingerprint density at radius 3 is 2.52 bits per heavy atom. The first-order valence-electron chi connectivity index (χ1n) is 8.66. The van der Waals surface area contributed by atoms with Gasteiger partial charge >= 0.3 is 5.97 Å². The van der Waals surface area contributed by atoms with Crippen LogP contribution in [0.2, 0.25) is 5.02 Å². The van der Waals surface area contributed by atoms with Gasteiger partial charge in [0.05, 0.1) is 24.7 Å². The largest absolute Gasteiger partial charge is 0.478 e. The Morgan fingerprint density at radius 1 is 1.19 bits per heavy atom. The number of benzene rings is 1. The molecule has 144 valence electrons. The lowest BCUT2D eigenvalue weighted by Gasteiger charge is -2.25. The second-order valence-corrected chi connectivity index (χ2v) is 6.42. The predicted molar refractivity (Wildman–Crippen MR) is 103 cm³/mol. The smallest absolute Gasteiger partial charge is 0.310 e. The van der Waals surface area contributed by atoms with Gasteiger partial charge in [0.1, 0.15) is 0 Å². The fourth-order valence-electron chi connectivity index (χ4n) is 2.58. The molecule has 0 saturated heterocycles. The number of aromatic nitrogens is 1. The molecule has 1 aromatic heterocycles. The van der Waals surface area contributed by atoms with Gasteiger partial charge in [-0.2, -0.15) is 0 Å². The highest BCUT2D eigenvalue weighted by Gasteiger charge is 2.25. The van der Waals surface area contributed by atoms with Gasteiger partial charge in [0.25, 0.3) is 5.91 Å². The van der Waals surface area contributed by atoms with Crippen LogP contribution in [0, 0.1) is 5.92 Å². The molecule has 1 aromatic carbocycles. The minimum Gasteiger partial charge on any atom is -0.478 e. The van der Waals surface area contributed by atoms with Gasteiger partial charge < -0.3 is 14.4 Å². The molecule has 0 bridgehead atoms. The lowest BCUT2D eigenvalue weighted by molar-refractivity contribution is -0.145. The Kier molecular flexibility index (Phi) is 7.61. The molecule has 0 saturated carbocycles. The number of pyridine rings is 1. The SMILES string of the molecule is CCOc1ccc(Cl)c(C(=O)N(Cc2ccccc2)CC(C)C(=O)OC)n1. The van der Waals surface area contributed by atoms with Gasteiger partial charge in [-0.05, 0) is 18.6 Å². The third kappa shape index (κ3) is 5.69. The Bertz CT molecular complexity index is 783. The number of halogens is 1. The maximum atomic E-state index is 13.1. The van der Waals surface area contributed by atoms with Crippen LogP contribution in [0.3, 0.4) is 0 Å². The predicted octanol–water partition coefficient (Wildman–Crippen LogP) is 3.59. The van der Waals surface area contributed by atoms with E-state index in [-0.39, 0.29) is 29.1 Å². The number of nitrogens with zero attached hydrogens (tertiary/aromatic N) is 2. The summed E-state index contributed by atoms with van der Waals surface area (Å²) in [5.74, 6) is -0.924. The van der Waals surface area contributed by atoms with Crippen LogP contribution >= 0.6 is 11.6 Å². The van der Waals surface area contributed by atoms with Crippen LogP contribution in [0.1, 0.15) is 29.9 Å². The summed E-state index contributed by atoms with van der Waals surface area (Å²) in [6.07, 6.45) is 0. The molecule has 0 N–H and O–H groups in total. The number of hydrogen-bond acceptors (Lipinski definition) is 5. The number of carbonyl (C=O) groups is 2. The maximum Gasteiger partial charge on any atom is 0.310 e. The highest BCUT2D eigenvalue weighted by molar-refractivity contribution is 6.33. The fourth-order valence-corrected chi connectivity index (χ4v) is 2.77. The van der Waals surface area contributed by atoms with E-state index in [0.717, 1.165) is 5.56 Å². The number of esters is 1. The van der Waals surface area contributed by atoms with E-state index in [9.17, 15) is 9.59 Å². The highest BCUT2D eigenvalue weighted by atomic mass is 35.5. The van der Waals surface area contributed by atoms with Crippen LogP contribution in [0.25, 0.3) is 0 Å². The van der Waals surface area contributed by atoms with Gasteiger partial charge in [0.2, 0.25) is 5.88 Å². The summed E-state index contributed by atoms with van der Waals surface area (Å²) >= 11 is 6.21. The summed E-state index contributed by atoms with van der Waals surface area (Å²) in [4.78, 5) is 30.8. The first-order chi connectivity index (χ1) is 13.0. The molecule has 1 atom stereocenters. The zero-order valence-corrected chi connectivity index (χ0v) is 16.4. The lowest BCUT2D eigenvalue weighted by atomic mass is 10.1. The lowest BCUT2D eigenvalue weighted by Crippen LogP contribution is -2.37. The molecule has 0 aliphatic rings. The number of hydrogen-bond donors (Lipinski definition) is 0. The van der Waals surface area contributed by atoms with Crippen molar-refractivity contribution in [2.24, 2.45) is 5.92 Å². The molecule has 0 spiro atoms. The van der Waals surface area contributed by atoms with E-state index in [1.807, 2.05) is 37.3 Å². The van der Waals surface area contributed by atoms with E-state index in [4.69, 9.17) is 21.1 Å². The van der Waals surface area contributed by atoms with Gasteiger partial charge in [0, 0.05) is 19.2 Å². The molecule has 0 aliphatic heterocycles. The zero-order valence-electron chi connectivity index (χ0n) is 15.6. The van der Waals surface area contributed by atoms with Crippen LogP contribution in [0.4, 0.5) is 0 Å². The van der Waals surface area contributed by atoms with Crippen molar-refractivity contribution in [2.45, 2.75) is 20.4 Å². The first-order valence-corrected chi connectivity index (χ1v) is 9.04. The Balaban J connectivity index is 2.32. The van der Waals surface area contributed by atoms with Crippen molar-refractivity contribution in [3.8, 4) is 5.88 Å². The van der Waals surface area contributed by atoms with Crippen LogP contribution in [0.5, 0.6) is 5.88 Å². The van der Waals surface area contributed by atoms with E-state index in [1.54, 1.807) is 24.0 Å². The molecule has 6 nitrogen and oxygen atoms in total. The van der Waals surface area contributed by atoms with Crippen LogP contribution in [0.15, 0.2) is 42.5 Å². The molecule has 1 heterocycles. The van der Waals surface area contributed by atoms with Crippen molar-refractivity contribution in [2.75, 3.05) is 20.3 Å². The number of methoxy groups -OCH3 is 1. The van der Waals surface area contributed by atoms with Gasteiger partial charge in [-0.25, -0.2) is 4.98 Å². The third-order valence-corrected chi connectivity index (χ3v) is 4.22. The quantitative estimate of drug-likeness (QED) is 0.644. The number of rotatable bonds is 8. The van der Waals surface area contributed by atoms with Crippen molar-refractivity contribution in [1.29, 1.82) is 0 Å². The molecule has 7 heteroatoms. The van der Waals surface area contributed by atoms with E-state index >= 15 is 0 Å². The van der Waals surface area contributed by atoms with Crippen molar-refractivity contribution in [3.63, 3.8) is 0 Å². The van der Waals surface area contributed by atoms with Crippen molar-refractivity contribution in [3.05, 3.63) is 58.7 Å². The van der Waals surface area contributed by atoms with Gasteiger partial charge in [-0.3, -0.25) is 9.59 Å². The Hall–Kier alpha value is -2.60. The van der Waals surface area contributed by atoms with Crippen molar-refractivity contribution < 1.29 is 19.1 Å². The molecule has 1 unspecified atom stereocenters. The van der Waals surface area contributed by atoms with E-state index in [0.29, 0.717) is 19.0 Å². The number of carbonyl (C=O) groups excluding carboxylic acids is 2. The summed E-state index contributed by atoms with van der Waals surface area (Å²) in [5.41, 5.74) is 1.02. The molecule has 27 heavy (non-hydrogen) atoms. The summed E-state index contributed by atoms with van der Waals surface area (Å²) in [5, 5.41) is 0.229. The van der Waals surface area contributed by atoms with E-state index < -0.39 is 5.92 Å². The monoisotopic (exact) mass is 390 g/mol. The topological polar surface area (TPSA) is 68.7 Å². The Morgan fingerprint density at radius 2 is 1.89 bits per heavy atom. The summed E-state index contributed by atoms with van der Waals surface area (Å²) < 4.78 is 10.2. The zero-order chi connectivity index (χ0) is 19.8. The Labute approximate surface area is 164 Å². The third-order valence-electron chi connectivity index (χ3n) is 3.92. The normalized spacial score (nSPS) is 11.6. The van der Waals surface area contributed by atoms with Crippen LogP contribution in [-0.2, 0) is 16.1 Å². The summed E-state index contributed by atoms with van der Waals surface area (Å²) in [6.45, 7) is 4.46. The van der Waals surface area contributed by atoms with E-state index in [2.05, 4.69) is 4.98 Å². The second-order valence-electron chi connectivity index (χ2n) is 6.01. The molecular weight excluding hydrogens is 368 g/mol. The average Bonchev–Trinajstić information content (AvgIpc) is 2.68. The molecule has 2 rings (SSSR count). The minimum atomic E-state index is -0.489. The molecular formula is C20H23ClN2O4. The summed E-state index contributed by atoms with van der Waals surface area (Å²) in [7, 11) is 1.33. The van der Waals surface area contributed by atoms with Crippen LogP contribution in [-0.4, -0.2) is 42.0 Å². The highest BCUT2D eigenvalue weighted by Crippen LogP contribution is 2.21. The van der Waals surface area contributed by atoms with Crippen molar-refractivity contribution in [1.82, 2.24) is 9.88 Å². The summed E-state index contributed by atoms with van der Waals surface area (Å²) in [6, 6.07) is 12.7. The van der Waals surface area contributed by atoms with Gasteiger partial charge in [0.15, 0.2) is 5.69 Å². The van der Waals surface area contributed by atoms with Crippen molar-refractivity contribution >= 4 is 23.5 Å².